The summed E-state index contributed by atoms with van der Waals surface area (Å²) < 4.78 is 54.4. The molecule has 0 unspecified atom stereocenters. The number of carbonyl (C=O) groups is 1. The molecule has 1 heterocycles. The molecule has 2 aromatic rings. The van der Waals surface area contributed by atoms with Crippen LogP contribution in [0, 0.1) is 6.92 Å². The number of sulfonamides is 2. The molecule has 0 aliphatic carbocycles. The van der Waals surface area contributed by atoms with Crippen LogP contribution in [0.25, 0.3) is 0 Å². The normalized spacial score (nSPS) is 14.2. The lowest BCUT2D eigenvalue weighted by molar-refractivity contribution is -0.114. The van der Waals surface area contributed by atoms with Gasteiger partial charge in [-0.3, -0.25) is 13.8 Å². The van der Waals surface area contributed by atoms with E-state index in [1.807, 2.05) is 0 Å². The molecule has 1 amide bonds. The van der Waals surface area contributed by atoms with Crippen molar-refractivity contribution in [1.29, 1.82) is 0 Å². The molecule has 0 saturated heterocycles. The average Bonchev–Trinajstić information content (AvgIpc) is 2.66. The molecule has 162 valence electrons. The van der Waals surface area contributed by atoms with Crippen LogP contribution in [0.1, 0.15) is 31.4 Å². The highest BCUT2D eigenvalue weighted by molar-refractivity contribution is 7.93. The number of carbonyl (C=O) groups excluding carboxylic acids is 1. The highest BCUT2D eigenvalue weighted by atomic mass is 32.2. The summed E-state index contributed by atoms with van der Waals surface area (Å²) in [5, 5.41) is 2.62. The number of hydrogen-bond acceptors (Lipinski definition) is 5. The van der Waals surface area contributed by atoms with Gasteiger partial charge >= 0.3 is 0 Å². The van der Waals surface area contributed by atoms with Crippen LogP contribution >= 0.6 is 0 Å². The number of anilines is 3. The fourth-order valence-electron chi connectivity index (χ4n) is 3.51. The second-order valence-corrected chi connectivity index (χ2v) is 11.0. The topological polar surface area (TPSA) is 113 Å². The number of nitrogens with one attached hydrogen (secondary N) is 2. The van der Waals surface area contributed by atoms with Gasteiger partial charge in [-0.15, -0.1) is 0 Å². The lowest BCUT2D eigenvalue weighted by atomic mass is 10.0. The standard InChI is InChI=1S/C20H25N3O5S2/c1-4-29(25,26)23-11-5-6-16-13-18(7-9-19(16)23)22-30(27,28)20-10-8-17(12-14(20)2)21-15(3)24/h7-10,12-13,22H,4-6,11H2,1-3H3,(H,21,24). The predicted molar refractivity (Wildman–Crippen MR) is 118 cm³/mol. The first-order valence-corrected chi connectivity index (χ1v) is 12.7. The Labute approximate surface area is 177 Å². The van der Waals surface area contributed by atoms with E-state index in [1.165, 1.54) is 23.4 Å². The maximum atomic E-state index is 12.9. The summed E-state index contributed by atoms with van der Waals surface area (Å²) in [4.78, 5) is 11.3. The molecule has 0 aromatic heterocycles. The lowest BCUT2D eigenvalue weighted by Gasteiger charge is -2.30. The van der Waals surface area contributed by atoms with Crippen LogP contribution in [0.3, 0.4) is 0 Å². The van der Waals surface area contributed by atoms with E-state index in [4.69, 9.17) is 0 Å². The molecule has 1 aliphatic rings. The first-order chi connectivity index (χ1) is 14.0. The number of aryl methyl sites for hydroxylation is 2. The predicted octanol–water partition coefficient (Wildman–Crippen LogP) is 2.86. The van der Waals surface area contributed by atoms with E-state index in [2.05, 4.69) is 10.0 Å². The highest BCUT2D eigenvalue weighted by Crippen LogP contribution is 2.32. The summed E-state index contributed by atoms with van der Waals surface area (Å²) in [6.45, 7) is 5.06. The van der Waals surface area contributed by atoms with Gasteiger partial charge in [-0.1, -0.05) is 0 Å². The van der Waals surface area contributed by atoms with Crippen molar-refractivity contribution in [3.8, 4) is 0 Å². The minimum absolute atomic E-state index is 0.00851. The first-order valence-electron chi connectivity index (χ1n) is 9.58. The van der Waals surface area contributed by atoms with E-state index >= 15 is 0 Å². The molecule has 3 rings (SSSR count). The number of nitrogens with zero attached hydrogens (tertiary/aromatic N) is 1. The molecule has 0 bridgehead atoms. The molecule has 0 saturated carbocycles. The van der Waals surface area contributed by atoms with Gasteiger partial charge in [-0.05, 0) is 74.2 Å². The second kappa shape index (κ2) is 8.27. The van der Waals surface area contributed by atoms with Gasteiger partial charge < -0.3 is 5.32 Å². The molecule has 1 aliphatic heterocycles. The maximum Gasteiger partial charge on any atom is 0.262 e. The monoisotopic (exact) mass is 451 g/mol. The van der Waals surface area contributed by atoms with Gasteiger partial charge in [0.25, 0.3) is 10.0 Å². The third-order valence-corrected chi connectivity index (χ3v) is 8.22. The van der Waals surface area contributed by atoms with Gasteiger partial charge in [0.05, 0.1) is 16.3 Å². The lowest BCUT2D eigenvalue weighted by Crippen LogP contribution is -2.36. The molecule has 0 fully saturated rings. The molecular weight excluding hydrogens is 426 g/mol. The van der Waals surface area contributed by atoms with Gasteiger partial charge in [0, 0.05) is 24.8 Å². The van der Waals surface area contributed by atoms with Crippen LogP contribution in [0.2, 0.25) is 0 Å². The summed E-state index contributed by atoms with van der Waals surface area (Å²) in [6, 6.07) is 9.47. The van der Waals surface area contributed by atoms with E-state index in [0.717, 1.165) is 5.56 Å². The van der Waals surface area contributed by atoms with Gasteiger partial charge in [-0.25, -0.2) is 16.8 Å². The summed E-state index contributed by atoms with van der Waals surface area (Å²) in [7, 11) is -7.24. The summed E-state index contributed by atoms with van der Waals surface area (Å²) >= 11 is 0. The minimum Gasteiger partial charge on any atom is -0.326 e. The molecule has 30 heavy (non-hydrogen) atoms. The SMILES string of the molecule is CCS(=O)(=O)N1CCCc2cc(NS(=O)(=O)c3ccc(NC(C)=O)cc3C)ccc21. The van der Waals surface area contributed by atoms with Crippen molar-refractivity contribution in [1.82, 2.24) is 0 Å². The van der Waals surface area contributed by atoms with E-state index in [9.17, 15) is 21.6 Å². The Balaban J connectivity index is 1.89. The molecule has 2 N–H and O–H groups in total. The van der Waals surface area contributed by atoms with E-state index in [0.29, 0.717) is 42.0 Å². The van der Waals surface area contributed by atoms with Crippen LogP contribution in [0.4, 0.5) is 17.1 Å². The second-order valence-electron chi connectivity index (χ2n) is 7.19. The number of rotatable bonds is 6. The fraction of sp³-hybridized carbons (Fsp3) is 0.350. The molecule has 2 aromatic carbocycles. The summed E-state index contributed by atoms with van der Waals surface area (Å²) in [5.74, 6) is -0.231. The molecular formula is C20H25N3O5S2. The van der Waals surface area contributed by atoms with Crippen LogP contribution in [0.15, 0.2) is 41.3 Å². The molecule has 0 spiro atoms. The average molecular weight is 452 g/mol. The Morgan fingerprint density at radius 2 is 1.77 bits per heavy atom. The Hall–Kier alpha value is -2.59. The van der Waals surface area contributed by atoms with Gasteiger partial charge in [0.15, 0.2) is 0 Å². The summed E-state index contributed by atoms with van der Waals surface area (Å²) in [5.41, 5.74) is 2.77. The summed E-state index contributed by atoms with van der Waals surface area (Å²) in [6.07, 6.45) is 1.34. The minimum atomic E-state index is -3.86. The largest absolute Gasteiger partial charge is 0.326 e. The number of fused-ring (bicyclic) bond motifs is 1. The van der Waals surface area contributed by atoms with E-state index in [1.54, 1.807) is 38.1 Å². The third kappa shape index (κ3) is 4.59. The molecule has 10 heteroatoms. The number of amides is 1. The Bertz CT molecular complexity index is 1190. The van der Waals surface area contributed by atoms with Crippen molar-refractivity contribution in [2.24, 2.45) is 0 Å². The zero-order valence-corrected chi connectivity index (χ0v) is 18.7. The van der Waals surface area contributed by atoms with Gasteiger partial charge in [0.2, 0.25) is 15.9 Å². The Morgan fingerprint density at radius 1 is 1.07 bits per heavy atom. The highest BCUT2D eigenvalue weighted by Gasteiger charge is 2.26. The Kier molecular flexibility index (Phi) is 6.09. The number of benzene rings is 2. The van der Waals surface area contributed by atoms with Crippen LogP contribution in [-0.2, 0) is 31.3 Å². The quantitative estimate of drug-likeness (QED) is 0.701. The van der Waals surface area contributed by atoms with Crippen molar-refractivity contribution in [3.05, 3.63) is 47.5 Å². The fourth-order valence-corrected chi connectivity index (χ4v) is 5.99. The number of hydrogen-bond donors (Lipinski definition) is 2. The van der Waals surface area contributed by atoms with Gasteiger partial charge in [0.1, 0.15) is 0 Å². The molecule has 0 atom stereocenters. The van der Waals surface area contributed by atoms with Crippen molar-refractivity contribution in [2.45, 2.75) is 38.5 Å². The first kappa shape index (κ1) is 22.1. The van der Waals surface area contributed by atoms with E-state index in [-0.39, 0.29) is 16.6 Å². The van der Waals surface area contributed by atoms with E-state index < -0.39 is 20.0 Å². The van der Waals surface area contributed by atoms with Crippen LogP contribution < -0.4 is 14.3 Å². The zero-order valence-electron chi connectivity index (χ0n) is 17.1. The zero-order chi connectivity index (χ0) is 22.1. The van der Waals surface area contributed by atoms with Crippen molar-refractivity contribution >= 4 is 43.0 Å². The molecule has 0 radical (unpaired) electrons. The van der Waals surface area contributed by atoms with Crippen molar-refractivity contribution in [2.75, 3.05) is 26.6 Å². The maximum absolute atomic E-state index is 12.9. The third-order valence-electron chi connectivity index (χ3n) is 4.89. The van der Waals surface area contributed by atoms with Gasteiger partial charge in [-0.2, -0.15) is 0 Å². The van der Waals surface area contributed by atoms with Crippen molar-refractivity contribution in [3.63, 3.8) is 0 Å². The van der Waals surface area contributed by atoms with Crippen LogP contribution in [-0.4, -0.2) is 35.0 Å². The van der Waals surface area contributed by atoms with Crippen LogP contribution in [0.5, 0.6) is 0 Å². The molecule has 8 nitrogen and oxygen atoms in total. The Morgan fingerprint density at radius 3 is 2.40 bits per heavy atom. The smallest absolute Gasteiger partial charge is 0.262 e. The van der Waals surface area contributed by atoms with Crippen molar-refractivity contribution < 1.29 is 21.6 Å².